The van der Waals surface area contributed by atoms with Gasteiger partial charge in [0.05, 0.1) is 0 Å². The maximum absolute atomic E-state index is 12.7. The fraction of sp³-hybridized carbons (Fsp3) is 0.391. The normalized spacial score (nSPS) is 14.5. The minimum Gasteiger partial charge on any atom is -0.372 e. The molecule has 6 nitrogen and oxygen atoms in total. The smallest absolute Gasteiger partial charge is 0.319 e. The average Bonchev–Trinajstić information content (AvgIpc) is 3.26. The van der Waals surface area contributed by atoms with Crippen LogP contribution in [0.3, 0.4) is 0 Å². The van der Waals surface area contributed by atoms with Gasteiger partial charge in [0.1, 0.15) is 6.04 Å². The molecular formula is C23H30N4O2. The Morgan fingerprint density at radius 1 is 0.966 bits per heavy atom. The van der Waals surface area contributed by atoms with Crippen molar-refractivity contribution in [2.24, 2.45) is 5.92 Å². The Labute approximate surface area is 172 Å². The van der Waals surface area contributed by atoms with Crippen molar-refractivity contribution < 1.29 is 9.59 Å². The second-order valence-electron chi connectivity index (χ2n) is 7.76. The summed E-state index contributed by atoms with van der Waals surface area (Å²) in [5.41, 5.74) is 2.96. The van der Waals surface area contributed by atoms with Gasteiger partial charge in [-0.25, -0.2) is 4.79 Å². The number of urea groups is 1. The maximum atomic E-state index is 12.7. The van der Waals surface area contributed by atoms with E-state index in [0.29, 0.717) is 12.2 Å². The van der Waals surface area contributed by atoms with Gasteiger partial charge in [-0.3, -0.25) is 4.79 Å². The highest BCUT2D eigenvalue weighted by Crippen LogP contribution is 2.20. The highest BCUT2D eigenvalue weighted by atomic mass is 16.2. The Hall–Kier alpha value is -3.02. The van der Waals surface area contributed by atoms with Crippen molar-refractivity contribution in [3.63, 3.8) is 0 Å². The first kappa shape index (κ1) is 20.7. The summed E-state index contributed by atoms with van der Waals surface area (Å²) in [6.45, 7) is 6.49. The monoisotopic (exact) mass is 394 g/mol. The summed E-state index contributed by atoms with van der Waals surface area (Å²) in [4.78, 5) is 27.3. The topological polar surface area (TPSA) is 73.5 Å². The third-order valence-electron chi connectivity index (χ3n) is 5.14. The molecule has 2 aromatic carbocycles. The van der Waals surface area contributed by atoms with Gasteiger partial charge in [-0.1, -0.05) is 44.2 Å². The van der Waals surface area contributed by atoms with Gasteiger partial charge in [0.2, 0.25) is 5.91 Å². The van der Waals surface area contributed by atoms with E-state index in [1.807, 2.05) is 44.2 Å². The van der Waals surface area contributed by atoms with Crippen LogP contribution in [0.2, 0.25) is 0 Å². The summed E-state index contributed by atoms with van der Waals surface area (Å²) in [6, 6.07) is 16.5. The quantitative estimate of drug-likeness (QED) is 0.670. The van der Waals surface area contributed by atoms with Crippen LogP contribution in [0.25, 0.3) is 0 Å². The zero-order chi connectivity index (χ0) is 20.6. The molecule has 1 heterocycles. The molecule has 2 aromatic rings. The number of rotatable bonds is 7. The Kier molecular flexibility index (Phi) is 7.11. The molecule has 3 amide bonds. The predicted octanol–water partition coefficient (Wildman–Crippen LogP) is 3.75. The van der Waals surface area contributed by atoms with E-state index in [9.17, 15) is 9.59 Å². The summed E-state index contributed by atoms with van der Waals surface area (Å²) in [6.07, 6.45) is 2.50. The molecule has 1 aliphatic heterocycles. The molecule has 6 heteroatoms. The Morgan fingerprint density at radius 3 is 2.24 bits per heavy atom. The average molecular weight is 395 g/mol. The second kappa shape index (κ2) is 9.96. The van der Waals surface area contributed by atoms with Gasteiger partial charge in [-0.2, -0.15) is 0 Å². The van der Waals surface area contributed by atoms with Crippen LogP contribution in [0.1, 0.15) is 32.3 Å². The summed E-state index contributed by atoms with van der Waals surface area (Å²) in [5.74, 6) is -0.221. The number of hydrogen-bond donors (Lipinski definition) is 3. The Bertz CT molecular complexity index is 799. The van der Waals surface area contributed by atoms with Gasteiger partial charge in [0.15, 0.2) is 0 Å². The molecule has 0 radical (unpaired) electrons. The van der Waals surface area contributed by atoms with E-state index in [2.05, 4.69) is 33.0 Å². The number of hydrogen-bond acceptors (Lipinski definition) is 3. The number of amides is 3. The van der Waals surface area contributed by atoms with Gasteiger partial charge in [-0.15, -0.1) is 0 Å². The first-order chi connectivity index (χ1) is 14.0. The van der Waals surface area contributed by atoms with Crippen LogP contribution in [-0.2, 0) is 11.3 Å². The molecule has 1 unspecified atom stereocenters. The van der Waals surface area contributed by atoms with Gasteiger partial charge in [-0.05, 0) is 48.6 Å². The molecule has 1 atom stereocenters. The number of nitrogens with one attached hydrogen (secondary N) is 3. The third kappa shape index (κ3) is 5.98. The van der Waals surface area contributed by atoms with Crippen LogP contribution in [0.5, 0.6) is 0 Å². The minimum atomic E-state index is -0.609. The van der Waals surface area contributed by atoms with Crippen molar-refractivity contribution in [1.82, 2.24) is 10.6 Å². The number of benzene rings is 2. The van der Waals surface area contributed by atoms with Crippen LogP contribution >= 0.6 is 0 Å². The predicted molar refractivity (Wildman–Crippen MR) is 117 cm³/mol. The standard InChI is InChI=1S/C23H30N4O2/c1-17(2)21(26-23(29)25-19-8-4-3-5-9-19)22(28)24-16-18-10-12-20(13-11-18)27-14-6-7-15-27/h3-5,8-13,17,21H,6-7,14-16H2,1-2H3,(H,24,28)(H2,25,26,29). The lowest BCUT2D eigenvalue weighted by molar-refractivity contribution is -0.124. The number of carbonyl (C=O) groups is 2. The lowest BCUT2D eigenvalue weighted by Gasteiger charge is -2.22. The molecule has 0 saturated carbocycles. The molecule has 3 N–H and O–H groups in total. The zero-order valence-electron chi connectivity index (χ0n) is 17.2. The van der Waals surface area contributed by atoms with Gasteiger partial charge in [0, 0.05) is 31.0 Å². The number of para-hydroxylation sites is 1. The molecule has 0 aliphatic carbocycles. The van der Waals surface area contributed by atoms with Crippen molar-refractivity contribution in [2.75, 3.05) is 23.3 Å². The van der Waals surface area contributed by atoms with E-state index in [1.54, 1.807) is 12.1 Å². The molecule has 0 bridgehead atoms. The van der Waals surface area contributed by atoms with Crippen LogP contribution in [0.15, 0.2) is 54.6 Å². The summed E-state index contributed by atoms with van der Waals surface area (Å²) < 4.78 is 0. The lowest BCUT2D eigenvalue weighted by atomic mass is 10.0. The van der Waals surface area contributed by atoms with E-state index in [4.69, 9.17) is 0 Å². The van der Waals surface area contributed by atoms with E-state index in [-0.39, 0.29) is 17.9 Å². The summed E-state index contributed by atoms with van der Waals surface area (Å²) >= 11 is 0. The highest BCUT2D eigenvalue weighted by Gasteiger charge is 2.24. The fourth-order valence-electron chi connectivity index (χ4n) is 3.46. The van der Waals surface area contributed by atoms with E-state index >= 15 is 0 Å². The van der Waals surface area contributed by atoms with E-state index in [0.717, 1.165) is 18.7 Å². The SMILES string of the molecule is CC(C)C(NC(=O)Nc1ccccc1)C(=O)NCc1ccc(N2CCCC2)cc1. The molecule has 3 rings (SSSR count). The molecule has 29 heavy (non-hydrogen) atoms. The first-order valence-corrected chi connectivity index (χ1v) is 10.3. The molecule has 1 saturated heterocycles. The van der Waals surface area contributed by atoms with Crippen molar-refractivity contribution in [1.29, 1.82) is 0 Å². The lowest BCUT2D eigenvalue weighted by Crippen LogP contribution is -2.50. The largest absolute Gasteiger partial charge is 0.372 e. The minimum absolute atomic E-state index is 0.0333. The third-order valence-corrected chi connectivity index (χ3v) is 5.14. The van der Waals surface area contributed by atoms with Crippen LogP contribution in [-0.4, -0.2) is 31.1 Å². The molecule has 1 aliphatic rings. The zero-order valence-corrected chi connectivity index (χ0v) is 17.2. The van der Waals surface area contributed by atoms with E-state index in [1.165, 1.54) is 18.5 Å². The molecule has 0 spiro atoms. The fourth-order valence-corrected chi connectivity index (χ4v) is 3.46. The molecule has 0 aromatic heterocycles. The molecule has 154 valence electrons. The van der Waals surface area contributed by atoms with Gasteiger partial charge >= 0.3 is 6.03 Å². The number of anilines is 2. The van der Waals surface area contributed by atoms with Crippen LogP contribution in [0, 0.1) is 5.92 Å². The van der Waals surface area contributed by atoms with Gasteiger partial charge < -0.3 is 20.9 Å². The van der Waals surface area contributed by atoms with Crippen molar-refractivity contribution in [3.05, 3.63) is 60.2 Å². The second-order valence-corrected chi connectivity index (χ2v) is 7.76. The molecular weight excluding hydrogens is 364 g/mol. The van der Waals surface area contributed by atoms with Gasteiger partial charge in [0.25, 0.3) is 0 Å². The van der Waals surface area contributed by atoms with E-state index < -0.39 is 6.04 Å². The Morgan fingerprint density at radius 2 is 1.62 bits per heavy atom. The molecule has 1 fully saturated rings. The van der Waals surface area contributed by atoms with Crippen molar-refractivity contribution in [3.8, 4) is 0 Å². The first-order valence-electron chi connectivity index (χ1n) is 10.3. The maximum Gasteiger partial charge on any atom is 0.319 e. The summed E-state index contributed by atoms with van der Waals surface area (Å²) in [7, 11) is 0. The highest BCUT2D eigenvalue weighted by molar-refractivity contribution is 5.93. The summed E-state index contributed by atoms with van der Waals surface area (Å²) in [5, 5.41) is 8.48. The van der Waals surface area contributed by atoms with Crippen molar-refractivity contribution >= 4 is 23.3 Å². The number of carbonyl (C=O) groups excluding carboxylic acids is 2. The van der Waals surface area contributed by atoms with Crippen LogP contribution in [0.4, 0.5) is 16.2 Å². The Balaban J connectivity index is 1.51. The number of nitrogens with zero attached hydrogens (tertiary/aromatic N) is 1. The van der Waals surface area contributed by atoms with Crippen molar-refractivity contribution in [2.45, 2.75) is 39.3 Å². The van der Waals surface area contributed by atoms with Crippen LogP contribution < -0.4 is 20.9 Å².